The van der Waals surface area contributed by atoms with Crippen molar-refractivity contribution in [3.63, 3.8) is 0 Å². The highest BCUT2D eigenvalue weighted by molar-refractivity contribution is 9.15. The van der Waals surface area contributed by atoms with Crippen LogP contribution in [-0.4, -0.2) is 0 Å². The molecule has 7 heteroatoms. The van der Waals surface area contributed by atoms with Crippen molar-refractivity contribution < 1.29 is 0 Å². The SMILES string of the molecule is Br.NNc1cc(Br)c(Br)c(Br)c1Br. The molecule has 0 unspecified atom stereocenters. The zero-order valence-electron chi connectivity index (χ0n) is 6.07. The van der Waals surface area contributed by atoms with E-state index in [0.717, 1.165) is 23.6 Å². The Morgan fingerprint density at radius 2 is 1.54 bits per heavy atom. The van der Waals surface area contributed by atoms with E-state index in [4.69, 9.17) is 5.84 Å². The third-order valence-electron chi connectivity index (χ3n) is 1.26. The molecule has 0 bridgehead atoms. The number of hydrogen-bond donors (Lipinski definition) is 2. The van der Waals surface area contributed by atoms with E-state index in [2.05, 4.69) is 69.1 Å². The van der Waals surface area contributed by atoms with Gasteiger partial charge in [0.2, 0.25) is 0 Å². The largest absolute Gasteiger partial charge is 0.323 e. The maximum atomic E-state index is 5.30. The van der Waals surface area contributed by atoms with E-state index >= 15 is 0 Å². The van der Waals surface area contributed by atoms with Crippen LogP contribution in [0.2, 0.25) is 0 Å². The molecule has 0 atom stereocenters. The first-order chi connectivity index (χ1) is 5.57. The number of benzene rings is 1. The number of rotatable bonds is 1. The van der Waals surface area contributed by atoms with Crippen molar-refractivity contribution in [2.24, 2.45) is 5.84 Å². The van der Waals surface area contributed by atoms with Gasteiger partial charge in [0.25, 0.3) is 0 Å². The van der Waals surface area contributed by atoms with E-state index in [1.165, 1.54) is 0 Å². The lowest BCUT2D eigenvalue weighted by molar-refractivity contribution is 1.32. The molecule has 0 aliphatic rings. The second-order valence-electron chi connectivity index (χ2n) is 1.99. The first kappa shape index (κ1) is 14.4. The Hall–Kier alpha value is 1.38. The molecule has 0 amide bonds. The van der Waals surface area contributed by atoms with Crippen molar-refractivity contribution in [1.29, 1.82) is 0 Å². The van der Waals surface area contributed by atoms with E-state index in [0.29, 0.717) is 0 Å². The van der Waals surface area contributed by atoms with Crippen LogP contribution in [0.5, 0.6) is 0 Å². The first-order valence-electron chi connectivity index (χ1n) is 2.87. The lowest BCUT2D eigenvalue weighted by atomic mass is 10.3. The molecular formula is C6H5Br5N2. The van der Waals surface area contributed by atoms with Gasteiger partial charge in [-0.1, -0.05) is 0 Å². The van der Waals surface area contributed by atoms with Gasteiger partial charge in [-0.15, -0.1) is 17.0 Å². The topological polar surface area (TPSA) is 38.0 Å². The van der Waals surface area contributed by atoms with Crippen molar-refractivity contribution in [3.05, 3.63) is 24.0 Å². The fourth-order valence-corrected chi connectivity index (χ4v) is 2.80. The third kappa shape index (κ3) is 3.17. The summed E-state index contributed by atoms with van der Waals surface area (Å²) < 4.78 is 3.70. The Kier molecular flexibility index (Phi) is 6.71. The molecule has 0 aliphatic carbocycles. The number of anilines is 1. The van der Waals surface area contributed by atoms with Gasteiger partial charge in [-0.25, -0.2) is 0 Å². The molecule has 0 saturated heterocycles. The van der Waals surface area contributed by atoms with Crippen LogP contribution in [-0.2, 0) is 0 Å². The number of nitrogens with one attached hydrogen (secondary N) is 1. The average molecular weight is 505 g/mol. The zero-order chi connectivity index (χ0) is 9.30. The lowest BCUT2D eigenvalue weighted by Gasteiger charge is -2.08. The minimum absolute atomic E-state index is 0. The number of nitrogens with two attached hydrogens (primary N) is 1. The quantitative estimate of drug-likeness (QED) is 0.254. The summed E-state index contributed by atoms with van der Waals surface area (Å²) in [6, 6.07) is 1.87. The van der Waals surface area contributed by atoms with Crippen LogP contribution in [0.25, 0.3) is 0 Å². The van der Waals surface area contributed by atoms with E-state index in [-0.39, 0.29) is 17.0 Å². The van der Waals surface area contributed by atoms with Crippen molar-refractivity contribution >= 4 is 86.4 Å². The highest BCUT2D eigenvalue weighted by Gasteiger charge is 2.10. The van der Waals surface area contributed by atoms with E-state index in [9.17, 15) is 0 Å². The summed E-state index contributed by atoms with van der Waals surface area (Å²) in [5.74, 6) is 5.30. The monoisotopic (exact) mass is 500 g/mol. The van der Waals surface area contributed by atoms with Gasteiger partial charge in [-0.05, 0) is 69.8 Å². The van der Waals surface area contributed by atoms with Gasteiger partial charge in [0.1, 0.15) is 0 Å². The van der Waals surface area contributed by atoms with Crippen LogP contribution in [0.1, 0.15) is 0 Å². The molecule has 1 aromatic carbocycles. The number of halogens is 5. The molecular weight excluding hydrogens is 500 g/mol. The number of hydrazine groups is 1. The van der Waals surface area contributed by atoms with Gasteiger partial charge in [0.05, 0.1) is 10.2 Å². The van der Waals surface area contributed by atoms with Crippen LogP contribution in [0, 0.1) is 0 Å². The second-order valence-corrected chi connectivity index (χ2v) is 5.23. The molecule has 0 radical (unpaired) electrons. The molecule has 2 nitrogen and oxygen atoms in total. The normalized spacial score (nSPS) is 9.31. The first-order valence-corrected chi connectivity index (χ1v) is 6.04. The van der Waals surface area contributed by atoms with E-state index in [1.807, 2.05) is 6.07 Å². The van der Waals surface area contributed by atoms with Crippen molar-refractivity contribution in [2.45, 2.75) is 0 Å². The van der Waals surface area contributed by atoms with Crippen LogP contribution < -0.4 is 11.3 Å². The maximum absolute atomic E-state index is 5.30. The molecule has 0 spiro atoms. The molecule has 3 N–H and O–H groups in total. The highest BCUT2D eigenvalue weighted by Crippen LogP contribution is 2.40. The Morgan fingerprint density at radius 1 is 1.00 bits per heavy atom. The fraction of sp³-hybridized carbons (Fsp3) is 0. The molecule has 0 saturated carbocycles. The van der Waals surface area contributed by atoms with Gasteiger partial charge in [-0.2, -0.15) is 0 Å². The Morgan fingerprint density at radius 3 is 2.00 bits per heavy atom. The van der Waals surface area contributed by atoms with Gasteiger partial charge in [0, 0.05) is 13.4 Å². The van der Waals surface area contributed by atoms with Gasteiger partial charge in [0.15, 0.2) is 0 Å². The Bertz CT molecular complexity index is 314. The molecule has 1 rings (SSSR count). The molecule has 13 heavy (non-hydrogen) atoms. The van der Waals surface area contributed by atoms with Gasteiger partial charge >= 0.3 is 0 Å². The highest BCUT2D eigenvalue weighted by atomic mass is 79.9. The third-order valence-corrected chi connectivity index (χ3v) is 5.92. The second kappa shape index (κ2) is 6.07. The van der Waals surface area contributed by atoms with Crippen LogP contribution in [0.4, 0.5) is 5.69 Å². The Balaban J connectivity index is 0.00000144. The minimum atomic E-state index is 0. The van der Waals surface area contributed by atoms with Crippen molar-refractivity contribution in [2.75, 3.05) is 5.43 Å². The summed E-state index contributed by atoms with van der Waals surface area (Å²) in [4.78, 5) is 0. The predicted octanol–water partition coefficient (Wildman–Crippen LogP) is 4.60. The summed E-state index contributed by atoms with van der Waals surface area (Å²) in [6.45, 7) is 0. The van der Waals surface area contributed by atoms with Gasteiger partial charge < -0.3 is 5.43 Å². The Labute approximate surface area is 120 Å². The summed E-state index contributed by atoms with van der Waals surface area (Å²) in [6.07, 6.45) is 0. The van der Waals surface area contributed by atoms with Crippen molar-refractivity contribution in [3.8, 4) is 0 Å². The van der Waals surface area contributed by atoms with Gasteiger partial charge in [-0.3, -0.25) is 5.84 Å². The smallest absolute Gasteiger partial charge is 0.0650 e. The summed E-state index contributed by atoms with van der Waals surface area (Å²) in [5, 5.41) is 0. The summed E-state index contributed by atoms with van der Waals surface area (Å²) in [5.41, 5.74) is 3.39. The fourth-order valence-electron chi connectivity index (χ4n) is 0.678. The molecule has 0 heterocycles. The van der Waals surface area contributed by atoms with E-state index < -0.39 is 0 Å². The maximum Gasteiger partial charge on any atom is 0.0650 e. The summed E-state index contributed by atoms with van der Waals surface area (Å²) in [7, 11) is 0. The molecule has 1 aromatic rings. The van der Waals surface area contributed by atoms with Crippen LogP contribution >= 0.6 is 80.7 Å². The zero-order valence-corrected chi connectivity index (χ0v) is 14.1. The average Bonchev–Trinajstić information content (AvgIpc) is 2.08. The van der Waals surface area contributed by atoms with Crippen molar-refractivity contribution in [1.82, 2.24) is 0 Å². The van der Waals surface area contributed by atoms with Crippen LogP contribution in [0.3, 0.4) is 0 Å². The van der Waals surface area contributed by atoms with Crippen LogP contribution in [0.15, 0.2) is 24.0 Å². The standard InChI is InChI=1S/C6H4Br4N2.BrH/c7-2-1-3(12-11)5(9)6(10)4(2)8;/h1,12H,11H2;1H. The number of nitrogen functional groups attached to an aromatic ring is 1. The summed E-state index contributed by atoms with van der Waals surface area (Å²) >= 11 is 13.6. The number of hydrogen-bond acceptors (Lipinski definition) is 2. The molecule has 0 aliphatic heterocycles. The lowest BCUT2D eigenvalue weighted by Crippen LogP contribution is -2.07. The predicted molar refractivity (Wildman–Crippen MR) is 75.4 cm³/mol. The minimum Gasteiger partial charge on any atom is -0.323 e. The van der Waals surface area contributed by atoms with E-state index in [1.54, 1.807) is 0 Å². The molecule has 0 fully saturated rings. The molecule has 74 valence electrons. The molecule has 0 aromatic heterocycles.